The van der Waals surface area contributed by atoms with Crippen LogP contribution < -0.4 is 11.1 Å². The van der Waals surface area contributed by atoms with Crippen LogP contribution in [-0.2, 0) is 11.4 Å². The molecule has 0 fully saturated rings. The van der Waals surface area contributed by atoms with Crippen LogP contribution in [0.4, 0.5) is 5.69 Å². The van der Waals surface area contributed by atoms with Gasteiger partial charge in [0.2, 0.25) is 5.91 Å². The molecular weight excluding hydrogens is 192 g/mol. The third kappa shape index (κ3) is 3.69. The minimum absolute atomic E-state index is 0.0682. The summed E-state index contributed by atoms with van der Waals surface area (Å²) < 4.78 is 0. The average Bonchev–Trinajstić information content (AvgIpc) is 2.27. The topological polar surface area (TPSA) is 75.4 Å². The Morgan fingerprint density at radius 3 is 2.80 bits per heavy atom. The lowest BCUT2D eigenvalue weighted by atomic mass is 10.2. The summed E-state index contributed by atoms with van der Waals surface area (Å²) in [6.07, 6.45) is 1.09. The number of para-hydroxylation sites is 1. The SMILES string of the molecule is NCCCC(=O)Nc1ccccc1CO. The van der Waals surface area contributed by atoms with Crippen LogP contribution in [0.3, 0.4) is 0 Å². The molecule has 1 aromatic rings. The van der Waals surface area contributed by atoms with Crippen LogP contribution in [-0.4, -0.2) is 17.6 Å². The number of anilines is 1. The number of benzene rings is 1. The van der Waals surface area contributed by atoms with Gasteiger partial charge >= 0.3 is 0 Å². The molecule has 1 rings (SSSR count). The molecule has 4 nitrogen and oxygen atoms in total. The fourth-order valence-electron chi connectivity index (χ4n) is 1.26. The van der Waals surface area contributed by atoms with Crippen LogP contribution in [0.5, 0.6) is 0 Å². The summed E-state index contributed by atoms with van der Waals surface area (Å²) in [5.74, 6) is -0.0682. The maximum absolute atomic E-state index is 11.4. The number of amides is 1. The summed E-state index contributed by atoms with van der Waals surface area (Å²) >= 11 is 0. The molecule has 0 aliphatic heterocycles. The number of carbonyl (C=O) groups is 1. The van der Waals surface area contributed by atoms with E-state index < -0.39 is 0 Å². The number of aliphatic hydroxyl groups is 1. The van der Waals surface area contributed by atoms with Crippen molar-refractivity contribution in [2.45, 2.75) is 19.4 Å². The Bertz CT molecular complexity index is 326. The maximum Gasteiger partial charge on any atom is 0.224 e. The second-order valence-electron chi connectivity index (χ2n) is 3.26. The van der Waals surface area contributed by atoms with E-state index in [1.54, 1.807) is 12.1 Å². The fourth-order valence-corrected chi connectivity index (χ4v) is 1.26. The van der Waals surface area contributed by atoms with E-state index in [0.717, 1.165) is 5.56 Å². The standard InChI is InChI=1S/C11H16N2O2/c12-7-3-6-11(15)13-10-5-2-1-4-9(10)8-14/h1-2,4-5,14H,3,6-8,12H2,(H,13,15). The molecule has 1 amide bonds. The van der Waals surface area contributed by atoms with Crippen molar-refractivity contribution in [1.82, 2.24) is 0 Å². The van der Waals surface area contributed by atoms with Crippen molar-refractivity contribution >= 4 is 11.6 Å². The van der Waals surface area contributed by atoms with E-state index in [0.29, 0.717) is 25.1 Å². The van der Waals surface area contributed by atoms with Gasteiger partial charge in [-0.05, 0) is 19.0 Å². The number of nitrogens with one attached hydrogen (secondary N) is 1. The van der Waals surface area contributed by atoms with Gasteiger partial charge in [0.05, 0.1) is 6.61 Å². The Morgan fingerprint density at radius 1 is 1.40 bits per heavy atom. The lowest BCUT2D eigenvalue weighted by molar-refractivity contribution is -0.116. The smallest absolute Gasteiger partial charge is 0.224 e. The van der Waals surface area contributed by atoms with Crippen LogP contribution in [0.15, 0.2) is 24.3 Å². The van der Waals surface area contributed by atoms with E-state index in [-0.39, 0.29) is 12.5 Å². The van der Waals surface area contributed by atoms with Gasteiger partial charge in [0, 0.05) is 17.7 Å². The van der Waals surface area contributed by atoms with Gasteiger partial charge in [-0.1, -0.05) is 18.2 Å². The first-order chi connectivity index (χ1) is 7.27. The minimum atomic E-state index is -0.0760. The zero-order valence-corrected chi connectivity index (χ0v) is 8.57. The number of hydrogen-bond donors (Lipinski definition) is 3. The summed E-state index contributed by atoms with van der Waals surface area (Å²) in [4.78, 5) is 11.4. The Labute approximate surface area is 89.1 Å². The average molecular weight is 208 g/mol. The molecule has 0 unspecified atom stereocenters. The third-order valence-electron chi connectivity index (χ3n) is 2.07. The van der Waals surface area contributed by atoms with Gasteiger partial charge in [-0.2, -0.15) is 0 Å². The number of hydrogen-bond acceptors (Lipinski definition) is 3. The first-order valence-corrected chi connectivity index (χ1v) is 4.96. The quantitative estimate of drug-likeness (QED) is 0.671. The summed E-state index contributed by atoms with van der Waals surface area (Å²) in [6, 6.07) is 7.18. The lowest BCUT2D eigenvalue weighted by Gasteiger charge is -2.08. The van der Waals surface area contributed by atoms with Gasteiger partial charge in [0.15, 0.2) is 0 Å². The molecule has 0 radical (unpaired) electrons. The number of carbonyl (C=O) groups excluding carboxylic acids is 1. The normalized spacial score (nSPS) is 10.0. The van der Waals surface area contributed by atoms with Gasteiger partial charge in [0.1, 0.15) is 0 Å². The number of rotatable bonds is 5. The van der Waals surface area contributed by atoms with E-state index in [2.05, 4.69) is 5.32 Å². The van der Waals surface area contributed by atoms with E-state index in [9.17, 15) is 4.79 Å². The maximum atomic E-state index is 11.4. The van der Waals surface area contributed by atoms with Crippen molar-refractivity contribution in [2.24, 2.45) is 5.73 Å². The van der Waals surface area contributed by atoms with Crippen LogP contribution in [0.25, 0.3) is 0 Å². The molecule has 0 spiro atoms. The van der Waals surface area contributed by atoms with Crippen LogP contribution in [0, 0.1) is 0 Å². The molecule has 0 atom stereocenters. The molecule has 0 saturated carbocycles. The van der Waals surface area contributed by atoms with E-state index in [1.807, 2.05) is 12.1 Å². The summed E-state index contributed by atoms with van der Waals surface area (Å²) in [7, 11) is 0. The Kier molecular flexibility index (Phi) is 4.80. The Morgan fingerprint density at radius 2 is 2.13 bits per heavy atom. The van der Waals surface area contributed by atoms with Crippen molar-refractivity contribution in [2.75, 3.05) is 11.9 Å². The van der Waals surface area contributed by atoms with Gasteiger partial charge in [-0.3, -0.25) is 4.79 Å². The van der Waals surface area contributed by atoms with Gasteiger partial charge in [-0.15, -0.1) is 0 Å². The zero-order valence-electron chi connectivity index (χ0n) is 8.57. The number of nitrogens with two attached hydrogens (primary N) is 1. The van der Waals surface area contributed by atoms with Gasteiger partial charge in [0.25, 0.3) is 0 Å². The lowest BCUT2D eigenvalue weighted by Crippen LogP contribution is -2.14. The summed E-state index contributed by atoms with van der Waals surface area (Å²) in [5, 5.41) is 11.8. The van der Waals surface area contributed by atoms with Crippen molar-refractivity contribution in [3.63, 3.8) is 0 Å². The van der Waals surface area contributed by atoms with E-state index >= 15 is 0 Å². The van der Waals surface area contributed by atoms with Crippen molar-refractivity contribution in [3.8, 4) is 0 Å². The van der Waals surface area contributed by atoms with E-state index in [1.165, 1.54) is 0 Å². The molecule has 0 heterocycles. The zero-order chi connectivity index (χ0) is 11.1. The molecule has 4 N–H and O–H groups in total. The van der Waals surface area contributed by atoms with Crippen LogP contribution in [0.2, 0.25) is 0 Å². The summed E-state index contributed by atoms with van der Waals surface area (Å²) in [6.45, 7) is 0.433. The van der Waals surface area contributed by atoms with Crippen molar-refractivity contribution < 1.29 is 9.90 Å². The highest BCUT2D eigenvalue weighted by Crippen LogP contribution is 2.14. The van der Waals surface area contributed by atoms with Gasteiger partial charge in [-0.25, -0.2) is 0 Å². The molecule has 0 aromatic heterocycles. The summed E-state index contributed by atoms with van der Waals surface area (Å²) in [5.41, 5.74) is 6.70. The fraction of sp³-hybridized carbons (Fsp3) is 0.364. The molecule has 0 aliphatic carbocycles. The van der Waals surface area contributed by atoms with Gasteiger partial charge < -0.3 is 16.2 Å². The van der Waals surface area contributed by atoms with Crippen molar-refractivity contribution in [1.29, 1.82) is 0 Å². The van der Waals surface area contributed by atoms with Crippen LogP contribution >= 0.6 is 0 Å². The minimum Gasteiger partial charge on any atom is -0.392 e. The molecule has 0 bridgehead atoms. The second kappa shape index (κ2) is 6.16. The largest absolute Gasteiger partial charge is 0.392 e. The van der Waals surface area contributed by atoms with Crippen LogP contribution in [0.1, 0.15) is 18.4 Å². The van der Waals surface area contributed by atoms with E-state index in [4.69, 9.17) is 10.8 Å². The first kappa shape index (κ1) is 11.7. The highest BCUT2D eigenvalue weighted by atomic mass is 16.3. The molecule has 4 heteroatoms. The molecule has 0 aliphatic rings. The Hall–Kier alpha value is -1.39. The third-order valence-corrected chi connectivity index (χ3v) is 2.07. The molecule has 1 aromatic carbocycles. The highest BCUT2D eigenvalue weighted by Gasteiger charge is 2.04. The second-order valence-corrected chi connectivity index (χ2v) is 3.26. The van der Waals surface area contributed by atoms with Crippen molar-refractivity contribution in [3.05, 3.63) is 29.8 Å². The number of aliphatic hydroxyl groups excluding tert-OH is 1. The predicted molar refractivity (Wildman–Crippen MR) is 59.3 cm³/mol. The highest BCUT2D eigenvalue weighted by molar-refractivity contribution is 5.91. The molecule has 82 valence electrons. The molecular formula is C11H16N2O2. The molecule has 15 heavy (non-hydrogen) atoms. The monoisotopic (exact) mass is 208 g/mol. The molecule has 0 saturated heterocycles. The first-order valence-electron chi connectivity index (χ1n) is 4.96. The Balaban J connectivity index is 2.59. The predicted octanol–water partition coefficient (Wildman–Crippen LogP) is 0.856.